The topological polar surface area (TPSA) is 36.0 Å². The molecule has 0 amide bonds. The van der Waals surface area contributed by atoms with Gasteiger partial charge in [-0.1, -0.05) is 24.6 Å². The fourth-order valence-corrected chi connectivity index (χ4v) is 3.77. The van der Waals surface area contributed by atoms with Crippen molar-refractivity contribution in [1.82, 2.24) is 4.98 Å². The van der Waals surface area contributed by atoms with Crippen LogP contribution in [0, 0.1) is 0 Å². The highest BCUT2D eigenvalue weighted by atomic mass is 32.2. The Hall–Kier alpha value is -0.930. The first kappa shape index (κ1) is 11.2. The number of nitrogens with one attached hydrogen (secondary N) is 1. The molecule has 17 heavy (non-hydrogen) atoms. The third-order valence-electron chi connectivity index (χ3n) is 4.02. The van der Waals surface area contributed by atoms with E-state index in [4.69, 9.17) is 0 Å². The van der Waals surface area contributed by atoms with Crippen LogP contribution in [0.2, 0.25) is 0 Å². The van der Waals surface area contributed by atoms with Crippen LogP contribution in [0.3, 0.4) is 0 Å². The van der Waals surface area contributed by atoms with E-state index >= 15 is 0 Å². The van der Waals surface area contributed by atoms with E-state index in [9.17, 15) is 5.11 Å². The number of hydrogen-bond donors (Lipinski definition) is 2. The summed E-state index contributed by atoms with van der Waals surface area (Å²) in [6.45, 7) is 0. The molecule has 0 saturated heterocycles. The van der Waals surface area contributed by atoms with Crippen molar-refractivity contribution >= 4 is 22.7 Å². The van der Waals surface area contributed by atoms with Crippen LogP contribution in [0.25, 0.3) is 10.9 Å². The van der Waals surface area contributed by atoms with Crippen LogP contribution in [-0.2, 0) is 0 Å². The fraction of sp³-hybridized carbons (Fsp3) is 0.429. The predicted molar refractivity (Wildman–Crippen MR) is 73.4 cm³/mol. The monoisotopic (exact) mass is 247 g/mol. The van der Waals surface area contributed by atoms with E-state index in [1.807, 2.05) is 30.1 Å². The van der Waals surface area contributed by atoms with Crippen molar-refractivity contribution in [2.45, 2.75) is 30.1 Å². The molecule has 1 aromatic heterocycles. The molecule has 1 saturated carbocycles. The fourth-order valence-electron chi connectivity index (χ4n) is 2.72. The van der Waals surface area contributed by atoms with Crippen LogP contribution in [0.15, 0.2) is 30.5 Å². The smallest absolute Gasteiger partial charge is 0.0957 e. The lowest BCUT2D eigenvalue weighted by Gasteiger charge is -2.44. The van der Waals surface area contributed by atoms with Gasteiger partial charge < -0.3 is 10.1 Å². The molecule has 1 atom stereocenters. The molecule has 3 heteroatoms. The summed E-state index contributed by atoms with van der Waals surface area (Å²) >= 11 is 1.81. The Morgan fingerprint density at radius 3 is 2.76 bits per heavy atom. The number of benzene rings is 1. The minimum atomic E-state index is -0.359. The predicted octanol–water partition coefficient (Wildman–Crippen LogP) is 3.49. The number of fused-ring (bicyclic) bond motifs is 1. The largest absolute Gasteiger partial charge is 0.387 e. The average molecular weight is 247 g/mol. The molecule has 1 aliphatic rings. The van der Waals surface area contributed by atoms with Crippen LogP contribution in [0.4, 0.5) is 0 Å². The van der Waals surface area contributed by atoms with Crippen LogP contribution in [-0.4, -0.2) is 21.1 Å². The summed E-state index contributed by atoms with van der Waals surface area (Å²) in [7, 11) is 0. The van der Waals surface area contributed by atoms with Crippen LogP contribution < -0.4 is 0 Å². The highest BCUT2D eigenvalue weighted by Gasteiger charge is 2.44. The molecule has 90 valence electrons. The molecule has 0 aliphatic heterocycles. The lowest BCUT2D eigenvalue weighted by molar-refractivity contribution is 0.0889. The molecule has 3 rings (SSSR count). The number of hydrogen-bond acceptors (Lipinski definition) is 2. The molecule has 2 N–H and O–H groups in total. The first-order chi connectivity index (χ1) is 8.27. The zero-order chi connectivity index (χ0) is 11.9. The van der Waals surface area contributed by atoms with Crippen molar-refractivity contribution in [1.29, 1.82) is 0 Å². The molecule has 0 spiro atoms. The number of aromatic nitrogens is 1. The van der Waals surface area contributed by atoms with Crippen molar-refractivity contribution in [2.75, 3.05) is 6.26 Å². The molecule has 0 bridgehead atoms. The van der Waals surface area contributed by atoms with Crippen LogP contribution in [0.1, 0.15) is 30.9 Å². The lowest BCUT2D eigenvalue weighted by atomic mass is 9.77. The van der Waals surface area contributed by atoms with E-state index in [2.05, 4.69) is 23.4 Å². The van der Waals surface area contributed by atoms with E-state index in [-0.39, 0.29) is 10.9 Å². The highest BCUT2D eigenvalue weighted by molar-refractivity contribution is 8.00. The Morgan fingerprint density at radius 1 is 1.35 bits per heavy atom. The van der Waals surface area contributed by atoms with Crippen molar-refractivity contribution in [3.05, 3.63) is 36.0 Å². The maximum atomic E-state index is 10.6. The zero-order valence-corrected chi connectivity index (χ0v) is 10.8. The van der Waals surface area contributed by atoms with E-state index in [0.29, 0.717) is 0 Å². The molecular weight excluding hydrogens is 230 g/mol. The second-order valence-corrected chi connectivity index (χ2v) is 6.04. The standard InChI is InChI=1S/C14H17NOS/c1-17-14(7-4-8-14)13(16)11-9-15-12-6-3-2-5-10(11)12/h2-3,5-6,9,13,15-16H,4,7-8H2,1H3. The summed E-state index contributed by atoms with van der Waals surface area (Å²) in [5, 5.41) is 11.8. The Kier molecular flexibility index (Phi) is 2.68. The van der Waals surface area contributed by atoms with Crippen LogP contribution in [0.5, 0.6) is 0 Å². The molecule has 1 fully saturated rings. The van der Waals surface area contributed by atoms with E-state index in [0.717, 1.165) is 29.3 Å². The third-order valence-corrected chi connectivity index (χ3v) is 5.47. The summed E-state index contributed by atoms with van der Waals surface area (Å²) in [5.74, 6) is 0. The quantitative estimate of drug-likeness (QED) is 0.871. The van der Waals surface area contributed by atoms with Gasteiger partial charge in [-0.3, -0.25) is 0 Å². The third kappa shape index (κ3) is 1.60. The van der Waals surface area contributed by atoms with Gasteiger partial charge in [0, 0.05) is 27.4 Å². The molecule has 0 radical (unpaired) electrons. The van der Waals surface area contributed by atoms with Gasteiger partial charge in [0.15, 0.2) is 0 Å². The Bertz CT molecular complexity index is 524. The van der Waals surface area contributed by atoms with Crippen molar-refractivity contribution < 1.29 is 5.11 Å². The Balaban J connectivity index is 2.03. The number of aliphatic hydroxyl groups excluding tert-OH is 1. The number of H-pyrrole nitrogens is 1. The number of aromatic amines is 1. The molecule has 2 nitrogen and oxygen atoms in total. The number of aliphatic hydroxyl groups is 1. The van der Waals surface area contributed by atoms with Gasteiger partial charge in [0.1, 0.15) is 0 Å². The van der Waals surface area contributed by atoms with E-state index < -0.39 is 0 Å². The van der Waals surface area contributed by atoms with Gasteiger partial charge in [0.05, 0.1) is 6.10 Å². The molecule has 1 aliphatic carbocycles. The van der Waals surface area contributed by atoms with E-state index in [1.54, 1.807) is 0 Å². The molecule has 1 heterocycles. The Morgan fingerprint density at radius 2 is 2.12 bits per heavy atom. The highest BCUT2D eigenvalue weighted by Crippen LogP contribution is 2.52. The first-order valence-electron chi connectivity index (χ1n) is 6.06. The number of para-hydroxylation sites is 1. The second kappa shape index (κ2) is 4.07. The Labute approximate surface area is 105 Å². The summed E-state index contributed by atoms with van der Waals surface area (Å²) in [6, 6.07) is 8.18. The second-order valence-electron chi connectivity index (χ2n) is 4.81. The zero-order valence-electron chi connectivity index (χ0n) is 9.94. The SMILES string of the molecule is CSC1(C(O)c2c[nH]c3ccccc23)CCC1. The average Bonchev–Trinajstić information content (AvgIpc) is 2.71. The summed E-state index contributed by atoms with van der Waals surface area (Å²) in [5.41, 5.74) is 2.16. The van der Waals surface area contributed by atoms with Gasteiger partial charge >= 0.3 is 0 Å². The van der Waals surface area contributed by atoms with Gasteiger partial charge in [-0.25, -0.2) is 0 Å². The lowest BCUT2D eigenvalue weighted by Crippen LogP contribution is -2.39. The normalized spacial score (nSPS) is 20.1. The summed E-state index contributed by atoms with van der Waals surface area (Å²) < 4.78 is 0.0466. The van der Waals surface area contributed by atoms with Gasteiger partial charge in [-0.05, 0) is 25.2 Å². The maximum absolute atomic E-state index is 10.6. The molecule has 1 unspecified atom stereocenters. The molecule has 1 aromatic carbocycles. The van der Waals surface area contributed by atoms with Gasteiger partial charge in [-0.2, -0.15) is 11.8 Å². The van der Waals surface area contributed by atoms with Gasteiger partial charge in [-0.15, -0.1) is 0 Å². The van der Waals surface area contributed by atoms with Gasteiger partial charge in [0.2, 0.25) is 0 Å². The van der Waals surface area contributed by atoms with Crippen molar-refractivity contribution in [3.63, 3.8) is 0 Å². The van der Waals surface area contributed by atoms with Crippen LogP contribution >= 0.6 is 11.8 Å². The summed E-state index contributed by atoms with van der Waals surface area (Å²) in [6.07, 6.45) is 7.19. The minimum Gasteiger partial charge on any atom is -0.387 e. The minimum absolute atomic E-state index is 0.0466. The van der Waals surface area contributed by atoms with Crippen molar-refractivity contribution in [2.24, 2.45) is 0 Å². The molecular formula is C14H17NOS. The number of rotatable bonds is 3. The number of thioether (sulfide) groups is 1. The summed E-state index contributed by atoms with van der Waals surface area (Å²) in [4.78, 5) is 3.24. The maximum Gasteiger partial charge on any atom is 0.0957 e. The van der Waals surface area contributed by atoms with Gasteiger partial charge in [0.25, 0.3) is 0 Å². The first-order valence-corrected chi connectivity index (χ1v) is 7.28. The molecule has 2 aromatic rings. The van der Waals surface area contributed by atoms with E-state index in [1.165, 1.54) is 6.42 Å². The van der Waals surface area contributed by atoms with Crippen molar-refractivity contribution in [3.8, 4) is 0 Å².